The van der Waals surface area contributed by atoms with E-state index in [2.05, 4.69) is 0 Å². The molecule has 0 aromatic heterocycles. The first-order valence-corrected chi connectivity index (χ1v) is 4.16. The fourth-order valence-corrected chi connectivity index (χ4v) is 0.625. The third-order valence-corrected chi connectivity index (χ3v) is 1.10. The van der Waals surface area contributed by atoms with E-state index < -0.39 is 7.12 Å². The predicted molar refractivity (Wildman–Crippen MR) is 55.8 cm³/mol. The van der Waals surface area contributed by atoms with E-state index in [-0.39, 0.29) is 0 Å². The molecule has 1 aromatic carbocycles. The van der Waals surface area contributed by atoms with Crippen LogP contribution in [0.25, 0.3) is 0 Å². The van der Waals surface area contributed by atoms with E-state index in [4.69, 9.17) is 15.2 Å². The summed E-state index contributed by atoms with van der Waals surface area (Å²) in [5, 5.41) is 24.2. The van der Waals surface area contributed by atoms with E-state index in [0.29, 0.717) is 5.46 Å². The van der Waals surface area contributed by atoms with E-state index >= 15 is 0 Å². The molecule has 0 aliphatic carbocycles. The van der Waals surface area contributed by atoms with E-state index in [9.17, 15) is 0 Å². The van der Waals surface area contributed by atoms with Crippen LogP contribution in [0.15, 0.2) is 30.3 Å². The van der Waals surface area contributed by atoms with Gasteiger partial charge in [-0.2, -0.15) is 0 Å². The van der Waals surface area contributed by atoms with Crippen LogP contribution in [0.2, 0.25) is 0 Å². The zero-order chi connectivity index (χ0) is 10.7. The minimum atomic E-state index is -1.34. The fourth-order valence-electron chi connectivity index (χ4n) is 0.625. The summed E-state index contributed by atoms with van der Waals surface area (Å²) >= 11 is 0. The van der Waals surface area contributed by atoms with Gasteiger partial charge in [-0.05, 0) is 5.46 Å². The van der Waals surface area contributed by atoms with Gasteiger partial charge < -0.3 is 15.2 Å². The van der Waals surface area contributed by atoms with Crippen LogP contribution in [0.4, 0.5) is 0 Å². The van der Waals surface area contributed by atoms with Gasteiger partial charge in [0.2, 0.25) is 0 Å². The minimum Gasteiger partial charge on any atom is -0.423 e. The average molecular weight is 184 g/mol. The topological polar surface area (TPSA) is 60.7 Å². The second-order valence-electron chi connectivity index (χ2n) is 1.78. The van der Waals surface area contributed by atoms with Crippen LogP contribution >= 0.6 is 0 Å². The summed E-state index contributed by atoms with van der Waals surface area (Å²) in [6, 6.07) is 8.66. The first-order valence-electron chi connectivity index (χ1n) is 4.16. The first-order chi connectivity index (χ1) is 6.30. The van der Waals surface area contributed by atoms with E-state index in [1.807, 2.05) is 19.9 Å². The summed E-state index contributed by atoms with van der Waals surface area (Å²) in [7, 11) is -0.341. The highest BCUT2D eigenvalue weighted by Gasteiger charge is 2.07. The Morgan fingerprint density at radius 3 is 1.54 bits per heavy atom. The maximum Gasteiger partial charge on any atom is 0.488 e. The molecule has 1 rings (SSSR count). The van der Waals surface area contributed by atoms with Gasteiger partial charge in [-0.3, -0.25) is 0 Å². The third-order valence-electron chi connectivity index (χ3n) is 1.10. The zero-order valence-corrected chi connectivity index (χ0v) is 8.31. The second kappa shape index (κ2) is 11.2. The van der Waals surface area contributed by atoms with Crippen molar-refractivity contribution in [3.8, 4) is 0 Å². The summed E-state index contributed by atoms with van der Waals surface area (Å²) in [5.41, 5.74) is 0.525. The largest absolute Gasteiger partial charge is 0.488 e. The maximum atomic E-state index is 8.58. The molecule has 0 atom stereocenters. The van der Waals surface area contributed by atoms with Gasteiger partial charge in [0, 0.05) is 7.11 Å². The highest BCUT2D eigenvalue weighted by atomic mass is 16.4. The van der Waals surface area contributed by atoms with Crippen LogP contribution in [-0.4, -0.2) is 29.4 Å². The first kappa shape index (κ1) is 14.7. The fraction of sp³-hybridized carbons (Fsp3) is 0.333. The number of aliphatic hydroxyl groups is 1. The monoisotopic (exact) mass is 184 g/mol. The standard InChI is InChI=1S/C6H7BO2.C2H6.CH4O/c8-7(9)6-4-2-1-3-5-6;2*1-2/h1-5,8-9H;1-2H3;2H,1H3. The molecule has 0 heterocycles. The molecule has 13 heavy (non-hydrogen) atoms. The molecule has 0 spiro atoms. The lowest BCUT2D eigenvalue weighted by Crippen LogP contribution is -2.29. The normalized spacial score (nSPS) is 7.23. The molecule has 1 aromatic rings. The number of hydrogen-bond acceptors (Lipinski definition) is 3. The molecule has 0 saturated carbocycles. The van der Waals surface area contributed by atoms with Crippen LogP contribution in [0.1, 0.15) is 13.8 Å². The Morgan fingerprint density at radius 2 is 1.31 bits per heavy atom. The Balaban J connectivity index is 0. The number of hydrogen-bond donors (Lipinski definition) is 3. The maximum absolute atomic E-state index is 8.58. The number of rotatable bonds is 1. The summed E-state index contributed by atoms with van der Waals surface area (Å²) in [4.78, 5) is 0. The second-order valence-corrected chi connectivity index (χ2v) is 1.78. The molecule has 0 unspecified atom stereocenters. The van der Waals surface area contributed by atoms with E-state index in [1.165, 1.54) is 0 Å². The molecule has 3 nitrogen and oxygen atoms in total. The van der Waals surface area contributed by atoms with Crippen molar-refractivity contribution < 1.29 is 15.2 Å². The van der Waals surface area contributed by atoms with Gasteiger partial charge in [-0.1, -0.05) is 44.2 Å². The SMILES string of the molecule is CC.CO.OB(O)c1ccccc1. The molecule has 0 radical (unpaired) electrons. The van der Waals surface area contributed by atoms with Crippen molar-refractivity contribution in [1.29, 1.82) is 0 Å². The minimum absolute atomic E-state index is 0.525. The smallest absolute Gasteiger partial charge is 0.423 e. The molecule has 0 fully saturated rings. The molecule has 0 aliphatic heterocycles. The van der Waals surface area contributed by atoms with Crippen molar-refractivity contribution in [2.24, 2.45) is 0 Å². The highest BCUT2D eigenvalue weighted by Crippen LogP contribution is 1.82. The zero-order valence-electron chi connectivity index (χ0n) is 8.31. The van der Waals surface area contributed by atoms with Gasteiger partial charge in [0.15, 0.2) is 0 Å². The van der Waals surface area contributed by atoms with Gasteiger partial charge in [0.1, 0.15) is 0 Å². The average Bonchev–Trinajstić information content (AvgIpc) is 2.25. The van der Waals surface area contributed by atoms with E-state index in [0.717, 1.165) is 7.11 Å². The lowest BCUT2D eigenvalue weighted by atomic mass is 9.81. The van der Waals surface area contributed by atoms with Gasteiger partial charge in [0.25, 0.3) is 0 Å². The van der Waals surface area contributed by atoms with Crippen molar-refractivity contribution in [2.75, 3.05) is 7.11 Å². The molecule has 0 amide bonds. The molecular weight excluding hydrogens is 167 g/mol. The Labute approximate surface area is 79.8 Å². The van der Waals surface area contributed by atoms with Crippen molar-refractivity contribution in [3.05, 3.63) is 30.3 Å². The molecule has 0 aliphatic rings. The van der Waals surface area contributed by atoms with E-state index in [1.54, 1.807) is 24.3 Å². The Hall–Kier alpha value is -0.835. The van der Waals surface area contributed by atoms with Crippen LogP contribution < -0.4 is 5.46 Å². The Kier molecular flexibility index (Phi) is 12.6. The summed E-state index contributed by atoms with van der Waals surface area (Å²) in [5.74, 6) is 0. The third kappa shape index (κ3) is 7.52. The van der Waals surface area contributed by atoms with Crippen LogP contribution in [0.5, 0.6) is 0 Å². The van der Waals surface area contributed by atoms with Crippen molar-refractivity contribution >= 4 is 12.6 Å². The number of aliphatic hydroxyl groups excluding tert-OH is 1. The molecule has 0 saturated heterocycles. The summed E-state index contributed by atoms with van der Waals surface area (Å²) < 4.78 is 0. The van der Waals surface area contributed by atoms with Crippen molar-refractivity contribution in [3.63, 3.8) is 0 Å². The van der Waals surface area contributed by atoms with Gasteiger partial charge >= 0.3 is 7.12 Å². The lowest BCUT2D eigenvalue weighted by molar-refractivity contribution is 0.399. The van der Waals surface area contributed by atoms with Crippen LogP contribution in [0, 0.1) is 0 Å². The van der Waals surface area contributed by atoms with Crippen molar-refractivity contribution in [2.45, 2.75) is 13.8 Å². The molecule has 4 heteroatoms. The highest BCUT2D eigenvalue weighted by molar-refractivity contribution is 6.58. The van der Waals surface area contributed by atoms with Gasteiger partial charge in [-0.15, -0.1) is 0 Å². The number of benzene rings is 1. The summed E-state index contributed by atoms with van der Waals surface area (Å²) in [6.07, 6.45) is 0. The molecule has 0 bridgehead atoms. The lowest BCUT2D eigenvalue weighted by Gasteiger charge is -1.94. The Morgan fingerprint density at radius 1 is 0.923 bits per heavy atom. The molecule has 74 valence electrons. The summed E-state index contributed by atoms with van der Waals surface area (Å²) in [6.45, 7) is 4.00. The van der Waals surface area contributed by atoms with Crippen LogP contribution in [-0.2, 0) is 0 Å². The quantitative estimate of drug-likeness (QED) is 0.538. The van der Waals surface area contributed by atoms with Gasteiger partial charge in [-0.25, -0.2) is 0 Å². The van der Waals surface area contributed by atoms with Crippen molar-refractivity contribution in [1.82, 2.24) is 0 Å². The van der Waals surface area contributed by atoms with Crippen LogP contribution in [0.3, 0.4) is 0 Å². The predicted octanol–water partition coefficient (Wildman–Crippen LogP) is 0.00110. The molecular formula is C9H17BO3. The van der Waals surface area contributed by atoms with Gasteiger partial charge in [0.05, 0.1) is 0 Å². The Bertz CT molecular complexity index is 177. The molecule has 3 N–H and O–H groups in total.